The van der Waals surface area contributed by atoms with E-state index in [1.165, 1.54) is 18.6 Å². The molecule has 4 nitrogen and oxygen atoms in total. The molecule has 1 amide bonds. The molecule has 0 aliphatic heterocycles. The van der Waals surface area contributed by atoms with E-state index >= 15 is 0 Å². The number of halogens is 2. The highest BCUT2D eigenvalue weighted by Crippen LogP contribution is 2.30. The van der Waals surface area contributed by atoms with Crippen molar-refractivity contribution in [3.05, 3.63) is 28.2 Å². The molecular formula is C14H17BrClNO3S. The zero-order valence-corrected chi connectivity index (χ0v) is 14.8. The lowest BCUT2D eigenvalue weighted by Gasteiger charge is -2.12. The molecule has 0 spiro atoms. The quantitative estimate of drug-likeness (QED) is 0.794. The van der Waals surface area contributed by atoms with E-state index in [1.807, 2.05) is 0 Å². The largest absolute Gasteiger partial charge is 0.352 e. The van der Waals surface area contributed by atoms with Crippen molar-refractivity contribution in [1.29, 1.82) is 0 Å². The second-order valence-electron chi connectivity index (χ2n) is 5.58. The number of nitrogens with one attached hydrogen (secondary N) is 1. The van der Waals surface area contributed by atoms with Crippen LogP contribution in [0.2, 0.25) is 0 Å². The lowest BCUT2D eigenvalue weighted by Crippen LogP contribution is -2.28. The number of carbonyl (C=O) groups excluding carboxylic acids is 1. The minimum atomic E-state index is -3.88. The summed E-state index contributed by atoms with van der Waals surface area (Å²) in [6.07, 6.45) is 3.46. The van der Waals surface area contributed by atoms with Gasteiger partial charge in [-0.2, -0.15) is 0 Å². The summed E-state index contributed by atoms with van der Waals surface area (Å²) in [5, 5.41) is 2.87. The van der Waals surface area contributed by atoms with E-state index in [2.05, 4.69) is 28.2 Å². The highest BCUT2D eigenvalue weighted by atomic mass is 79.9. The average Bonchev–Trinajstić information content (AvgIpc) is 2.81. The summed E-state index contributed by atoms with van der Waals surface area (Å²) in [5.41, 5.74) is 0.295. The molecule has 2 rings (SSSR count). The normalized spacial score (nSPS) is 22.2. The van der Waals surface area contributed by atoms with Crippen LogP contribution in [0.4, 0.5) is 0 Å². The van der Waals surface area contributed by atoms with Crippen molar-refractivity contribution >= 4 is 41.6 Å². The maximum Gasteiger partial charge on any atom is 0.262 e. The van der Waals surface area contributed by atoms with Crippen molar-refractivity contribution in [2.75, 3.05) is 6.54 Å². The highest BCUT2D eigenvalue weighted by Gasteiger charge is 2.22. The van der Waals surface area contributed by atoms with Gasteiger partial charge in [-0.1, -0.05) is 13.3 Å². The lowest BCUT2D eigenvalue weighted by molar-refractivity contribution is 0.0947. The average molecular weight is 395 g/mol. The number of hydrogen-bond donors (Lipinski definition) is 1. The van der Waals surface area contributed by atoms with Crippen LogP contribution in [0, 0.1) is 11.8 Å². The van der Waals surface area contributed by atoms with E-state index < -0.39 is 9.05 Å². The summed E-state index contributed by atoms with van der Waals surface area (Å²) in [5.74, 6) is 0.951. The van der Waals surface area contributed by atoms with Gasteiger partial charge in [0.15, 0.2) is 0 Å². The molecule has 116 valence electrons. The zero-order chi connectivity index (χ0) is 15.6. The van der Waals surface area contributed by atoms with Gasteiger partial charge in [0.2, 0.25) is 0 Å². The molecule has 2 atom stereocenters. The van der Waals surface area contributed by atoms with E-state index in [1.54, 1.807) is 6.07 Å². The van der Waals surface area contributed by atoms with Crippen molar-refractivity contribution < 1.29 is 13.2 Å². The number of benzene rings is 1. The molecule has 1 N–H and O–H groups in total. The van der Waals surface area contributed by atoms with Crippen molar-refractivity contribution in [3.63, 3.8) is 0 Å². The Morgan fingerprint density at radius 1 is 1.43 bits per heavy atom. The number of hydrogen-bond acceptors (Lipinski definition) is 3. The van der Waals surface area contributed by atoms with Gasteiger partial charge in [-0.05, 0) is 58.8 Å². The third kappa shape index (κ3) is 4.44. The number of amides is 1. The van der Waals surface area contributed by atoms with E-state index in [4.69, 9.17) is 10.7 Å². The smallest absolute Gasteiger partial charge is 0.262 e. The molecule has 1 aliphatic rings. The molecule has 1 fully saturated rings. The minimum absolute atomic E-state index is 0.0914. The fourth-order valence-electron chi connectivity index (χ4n) is 2.68. The first kappa shape index (κ1) is 16.8. The zero-order valence-electron chi connectivity index (χ0n) is 11.6. The van der Waals surface area contributed by atoms with Crippen molar-refractivity contribution in [1.82, 2.24) is 5.32 Å². The molecule has 1 aromatic rings. The van der Waals surface area contributed by atoms with Gasteiger partial charge < -0.3 is 5.32 Å². The van der Waals surface area contributed by atoms with Crippen molar-refractivity contribution in [2.45, 2.75) is 31.1 Å². The third-order valence-electron chi connectivity index (χ3n) is 3.81. The Kier molecular flexibility index (Phi) is 5.33. The minimum Gasteiger partial charge on any atom is -0.352 e. The first-order chi connectivity index (χ1) is 9.77. The van der Waals surface area contributed by atoms with Crippen LogP contribution in [0.25, 0.3) is 0 Å². The Labute approximate surface area is 137 Å². The fourth-order valence-corrected chi connectivity index (χ4v) is 4.80. The van der Waals surface area contributed by atoms with Crippen LogP contribution >= 0.6 is 26.6 Å². The lowest BCUT2D eigenvalue weighted by atomic mass is 10.1. The maximum atomic E-state index is 12.1. The topological polar surface area (TPSA) is 63.2 Å². The molecule has 2 unspecified atom stereocenters. The van der Waals surface area contributed by atoms with Crippen LogP contribution in [0.15, 0.2) is 27.6 Å². The van der Waals surface area contributed by atoms with Crippen LogP contribution in [0.5, 0.6) is 0 Å². The van der Waals surface area contributed by atoms with Crippen molar-refractivity contribution in [3.8, 4) is 0 Å². The van der Waals surface area contributed by atoms with E-state index in [0.29, 0.717) is 28.4 Å². The van der Waals surface area contributed by atoms with Crippen LogP contribution in [-0.2, 0) is 9.05 Å². The maximum absolute atomic E-state index is 12.1. The van der Waals surface area contributed by atoms with Gasteiger partial charge in [0.05, 0.1) is 4.90 Å². The SMILES string of the molecule is CC1CCC(CNC(=O)c2ccc(Br)c(S(=O)(=O)Cl)c2)C1. The van der Waals surface area contributed by atoms with Gasteiger partial charge in [0.25, 0.3) is 15.0 Å². The van der Waals surface area contributed by atoms with Crippen LogP contribution in [-0.4, -0.2) is 20.9 Å². The Morgan fingerprint density at radius 3 is 2.71 bits per heavy atom. The standard InChI is InChI=1S/C14H17BrClNO3S/c1-9-2-3-10(6-9)8-17-14(18)11-4-5-12(15)13(7-11)21(16,19)20/h4-5,7,9-10H,2-3,6,8H2,1H3,(H,17,18). The Hall–Kier alpha value is -0.590. The Bertz CT molecular complexity index is 648. The van der Waals surface area contributed by atoms with E-state index in [-0.39, 0.29) is 10.8 Å². The van der Waals surface area contributed by atoms with Gasteiger partial charge in [0.1, 0.15) is 0 Å². The first-order valence-electron chi connectivity index (χ1n) is 6.80. The van der Waals surface area contributed by atoms with Gasteiger partial charge in [0, 0.05) is 27.3 Å². The van der Waals surface area contributed by atoms with E-state index in [9.17, 15) is 13.2 Å². The molecule has 21 heavy (non-hydrogen) atoms. The Balaban J connectivity index is 2.06. The van der Waals surface area contributed by atoms with Gasteiger partial charge in [-0.3, -0.25) is 4.79 Å². The van der Waals surface area contributed by atoms with Crippen LogP contribution < -0.4 is 5.32 Å². The van der Waals surface area contributed by atoms with E-state index in [0.717, 1.165) is 12.8 Å². The number of rotatable bonds is 4. The van der Waals surface area contributed by atoms with Crippen LogP contribution in [0.1, 0.15) is 36.5 Å². The molecular weight excluding hydrogens is 378 g/mol. The number of carbonyl (C=O) groups is 1. The summed E-state index contributed by atoms with van der Waals surface area (Å²) >= 11 is 3.12. The molecule has 0 heterocycles. The van der Waals surface area contributed by atoms with Gasteiger partial charge >= 0.3 is 0 Å². The molecule has 7 heteroatoms. The van der Waals surface area contributed by atoms with Gasteiger partial charge in [-0.15, -0.1) is 0 Å². The molecule has 0 bridgehead atoms. The second kappa shape index (κ2) is 6.67. The summed E-state index contributed by atoms with van der Waals surface area (Å²) in [4.78, 5) is 12.0. The second-order valence-corrected chi connectivity index (χ2v) is 8.97. The molecule has 1 saturated carbocycles. The molecule has 0 saturated heterocycles. The monoisotopic (exact) mass is 393 g/mol. The summed E-state index contributed by atoms with van der Waals surface area (Å²) < 4.78 is 23.2. The van der Waals surface area contributed by atoms with Gasteiger partial charge in [-0.25, -0.2) is 8.42 Å². The molecule has 1 aromatic carbocycles. The summed E-state index contributed by atoms with van der Waals surface area (Å²) in [6, 6.07) is 4.38. The highest BCUT2D eigenvalue weighted by molar-refractivity contribution is 9.10. The summed E-state index contributed by atoms with van der Waals surface area (Å²) in [7, 11) is 1.47. The fraction of sp³-hybridized carbons (Fsp3) is 0.500. The molecule has 1 aliphatic carbocycles. The molecule has 0 aromatic heterocycles. The Morgan fingerprint density at radius 2 is 2.14 bits per heavy atom. The first-order valence-corrected chi connectivity index (χ1v) is 9.90. The summed E-state index contributed by atoms with van der Waals surface area (Å²) in [6.45, 7) is 2.84. The molecule has 0 radical (unpaired) electrons. The third-order valence-corrected chi connectivity index (χ3v) is 6.13. The van der Waals surface area contributed by atoms with Crippen LogP contribution in [0.3, 0.4) is 0 Å². The predicted molar refractivity (Wildman–Crippen MR) is 86.0 cm³/mol. The predicted octanol–water partition coefficient (Wildman–Crippen LogP) is 3.54. The van der Waals surface area contributed by atoms with Crippen molar-refractivity contribution in [2.24, 2.45) is 11.8 Å².